The SMILES string of the molecule is CC(N)n1c(Cl)nc2cc(O)ccc2c1=O. The molecule has 2 rings (SSSR count). The Labute approximate surface area is 96.1 Å². The second-order valence-electron chi connectivity index (χ2n) is 3.50. The topological polar surface area (TPSA) is 81.1 Å². The summed E-state index contributed by atoms with van der Waals surface area (Å²) in [6.07, 6.45) is -0.550. The molecular weight excluding hydrogens is 230 g/mol. The molecule has 3 N–H and O–H groups in total. The first-order valence-corrected chi connectivity index (χ1v) is 5.05. The largest absolute Gasteiger partial charge is 0.508 e. The molecule has 0 fully saturated rings. The van der Waals surface area contributed by atoms with Crippen LogP contribution in [0, 0.1) is 0 Å². The molecule has 84 valence electrons. The summed E-state index contributed by atoms with van der Waals surface area (Å²) >= 11 is 5.85. The van der Waals surface area contributed by atoms with Crippen molar-refractivity contribution in [2.24, 2.45) is 5.73 Å². The van der Waals surface area contributed by atoms with E-state index in [4.69, 9.17) is 17.3 Å². The summed E-state index contributed by atoms with van der Waals surface area (Å²) in [5, 5.41) is 9.66. The molecule has 0 saturated carbocycles. The smallest absolute Gasteiger partial charge is 0.263 e. The summed E-state index contributed by atoms with van der Waals surface area (Å²) in [5.74, 6) is 0.0361. The Hall–Kier alpha value is -1.59. The molecule has 0 amide bonds. The van der Waals surface area contributed by atoms with Crippen molar-refractivity contribution in [1.29, 1.82) is 0 Å². The Balaban J connectivity index is 2.89. The van der Waals surface area contributed by atoms with Gasteiger partial charge in [0.25, 0.3) is 5.56 Å². The van der Waals surface area contributed by atoms with E-state index in [0.717, 1.165) is 0 Å². The number of nitrogens with two attached hydrogens (primary N) is 1. The molecule has 1 aromatic carbocycles. The first kappa shape index (κ1) is 10.9. The fourth-order valence-corrected chi connectivity index (χ4v) is 1.83. The number of aromatic nitrogens is 2. The van der Waals surface area contributed by atoms with Crippen LogP contribution in [0.5, 0.6) is 5.75 Å². The van der Waals surface area contributed by atoms with E-state index in [1.165, 1.54) is 22.8 Å². The molecule has 6 heteroatoms. The predicted octanol–water partition coefficient (Wildman–Crippen LogP) is 1.23. The number of fused-ring (bicyclic) bond motifs is 1. The van der Waals surface area contributed by atoms with Crippen LogP contribution in [0.1, 0.15) is 13.1 Å². The van der Waals surface area contributed by atoms with E-state index in [1.54, 1.807) is 6.92 Å². The number of rotatable bonds is 1. The summed E-state index contributed by atoms with van der Waals surface area (Å²) < 4.78 is 1.20. The van der Waals surface area contributed by atoms with Gasteiger partial charge in [-0.05, 0) is 30.7 Å². The van der Waals surface area contributed by atoms with E-state index in [9.17, 15) is 9.90 Å². The van der Waals surface area contributed by atoms with E-state index < -0.39 is 6.17 Å². The van der Waals surface area contributed by atoms with Gasteiger partial charge < -0.3 is 10.8 Å². The summed E-state index contributed by atoms with van der Waals surface area (Å²) in [6, 6.07) is 4.30. The third-order valence-corrected chi connectivity index (χ3v) is 2.52. The van der Waals surface area contributed by atoms with Gasteiger partial charge in [-0.3, -0.25) is 9.36 Å². The van der Waals surface area contributed by atoms with E-state index in [-0.39, 0.29) is 16.6 Å². The van der Waals surface area contributed by atoms with E-state index in [0.29, 0.717) is 10.9 Å². The second kappa shape index (κ2) is 3.77. The lowest BCUT2D eigenvalue weighted by atomic mass is 10.2. The van der Waals surface area contributed by atoms with E-state index in [2.05, 4.69) is 4.98 Å². The van der Waals surface area contributed by atoms with Gasteiger partial charge in [-0.1, -0.05) is 0 Å². The maximum absolute atomic E-state index is 12.0. The van der Waals surface area contributed by atoms with Crippen LogP contribution < -0.4 is 11.3 Å². The first-order chi connectivity index (χ1) is 7.50. The highest BCUT2D eigenvalue weighted by Gasteiger charge is 2.12. The Bertz CT molecular complexity index is 607. The highest BCUT2D eigenvalue weighted by molar-refractivity contribution is 6.28. The van der Waals surface area contributed by atoms with E-state index >= 15 is 0 Å². The average Bonchev–Trinajstić information content (AvgIpc) is 2.15. The van der Waals surface area contributed by atoms with Crippen LogP contribution in [0.3, 0.4) is 0 Å². The molecule has 0 aliphatic heterocycles. The minimum atomic E-state index is -0.550. The molecule has 1 heterocycles. The molecule has 0 saturated heterocycles. The summed E-state index contributed by atoms with van der Waals surface area (Å²) in [4.78, 5) is 16.0. The zero-order chi connectivity index (χ0) is 11.9. The van der Waals surface area contributed by atoms with Crippen molar-refractivity contribution >= 4 is 22.5 Å². The van der Waals surface area contributed by atoms with Crippen molar-refractivity contribution in [2.75, 3.05) is 0 Å². The molecule has 5 nitrogen and oxygen atoms in total. The molecule has 16 heavy (non-hydrogen) atoms. The maximum atomic E-state index is 12.0. The lowest BCUT2D eigenvalue weighted by Gasteiger charge is -2.12. The number of hydrogen-bond donors (Lipinski definition) is 2. The van der Waals surface area contributed by atoms with E-state index in [1.807, 2.05) is 0 Å². The molecular formula is C10H10ClN3O2. The molecule has 1 aromatic heterocycles. The number of phenolic OH excluding ortho intramolecular Hbond substituents is 1. The molecule has 1 unspecified atom stereocenters. The Morgan fingerprint density at radius 2 is 2.25 bits per heavy atom. The van der Waals surface area contributed by atoms with Crippen LogP contribution in [0.4, 0.5) is 0 Å². The van der Waals surface area contributed by atoms with Crippen LogP contribution >= 0.6 is 11.6 Å². The molecule has 0 aliphatic carbocycles. The maximum Gasteiger partial charge on any atom is 0.263 e. The van der Waals surface area contributed by atoms with Crippen molar-refractivity contribution < 1.29 is 5.11 Å². The van der Waals surface area contributed by atoms with Gasteiger partial charge in [-0.25, -0.2) is 4.98 Å². The van der Waals surface area contributed by atoms with Gasteiger partial charge in [0, 0.05) is 6.07 Å². The zero-order valence-corrected chi connectivity index (χ0v) is 9.27. The monoisotopic (exact) mass is 239 g/mol. The summed E-state index contributed by atoms with van der Waals surface area (Å²) in [7, 11) is 0. The fraction of sp³-hybridized carbons (Fsp3) is 0.200. The average molecular weight is 240 g/mol. The predicted molar refractivity (Wildman–Crippen MR) is 61.6 cm³/mol. The van der Waals surface area contributed by atoms with Crippen LogP contribution in [0.2, 0.25) is 5.28 Å². The van der Waals surface area contributed by atoms with Gasteiger partial charge >= 0.3 is 0 Å². The summed E-state index contributed by atoms with van der Waals surface area (Å²) in [6.45, 7) is 1.64. The van der Waals surface area contributed by atoms with Crippen molar-refractivity contribution in [3.8, 4) is 5.75 Å². The third-order valence-electron chi connectivity index (χ3n) is 2.25. The number of hydrogen-bond acceptors (Lipinski definition) is 4. The molecule has 0 bridgehead atoms. The molecule has 0 radical (unpaired) electrons. The van der Waals surface area contributed by atoms with Crippen LogP contribution in [-0.2, 0) is 0 Å². The van der Waals surface area contributed by atoms with Gasteiger partial charge in [-0.15, -0.1) is 0 Å². The molecule has 1 atom stereocenters. The molecule has 0 spiro atoms. The zero-order valence-electron chi connectivity index (χ0n) is 8.51. The number of aromatic hydroxyl groups is 1. The standard InChI is InChI=1S/C10H10ClN3O2/c1-5(12)14-9(16)7-3-2-6(15)4-8(7)13-10(14)11/h2-5,15H,12H2,1H3. The van der Waals surface area contributed by atoms with Crippen molar-refractivity contribution in [2.45, 2.75) is 13.1 Å². The van der Waals surface area contributed by atoms with Gasteiger partial charge in [0.2, 0.25) is 5.28 Å². The van der Waals surface area contributed by atoms with Gasteiger partial charge in [0.05, 0.1) is 17.1 Å². The first-order valence-electron chi connectivity index (χ1n) is 4.67. The summed E-state index contributed by atoms with van der Waals surface area (Å²) in [5.41, 5.74) is 5.66. The molecule has 0 aliphatic rings. The highest BCUT2D eigenvalue weighted by Crippen LogP contribution is 2.18. The highest BCUT2D eigenvalue weighted by atomic mass is 35.5. The number of benzene rings is 1. The minimum absolute atomic E-state index is 0.0121. The molecule has 2 aromatic rings. The van der Waals surface area contributed by atoms with Crippen molar-refractivity contribution in [3.63, 3.8) is 0 Å². The minimum Gasteiger partial charge on any atom is -0.508 e. The van der Waals surface area contributed by atoms with Crippen molar-refractivity contribution in [3.05, 3.63) is 33.8 Å². The Kier molecular flexibility index (Phi) is 2.57. The van der Waals surface area contributed by atoms with Gasteiger partial charge in [0.1, 0.15) is 5.75 Å². The quantitative estimate of drug-likeness (QED) is 0.734. The second-order valence-corrected chi connectivity index (χ2v) is 3.84. The third kappa shape index (κ3) is 1.64. The number of nitrogens with zero attached hydrogens (tertiary/aromatic N) is 2. The lowest BCUT2D eigenvalue weighted by molar-refractivity contribution is 0.476. The van der Waals surface area contributed by atoms with Crippen LogP contribution in [0.25, 0.3) is 10.9 Å². The Morgan fingerprint density at radius 1 is 1.56 bits per heavy atom. The number of halogens is 1. The number of phenols is 1. The lowest BCUT2D eigenvalue weighted by Crippen LogP contribution is -2.29. The van der Waals surface area contributed by atoms with Gasteiger partial charge in [-0.2, -0.15) is 0 Å². The normalized spacial score (nSPS) is 12.9. The van der Waals surface area contributed by atoms with Gasteiger partial charge in [0.15, 0.2) is 0 Å². The van der Waals surface area contributed by atoms with Crippen LogP contribution in [0.15, 0.2) is 23.0 Å². The fourth-order valence-electron chi connectivity index (χ4n) is 1.51. The Morgan fingerprint density at radius 3 is 2.88 bits per heavy atom. The van der Waals surface area contributed by atoms with Crippen molar-refractivity contribution in [1.82, 2.24) is 9.55 Å². The van der Waals surface area contributed by atoms with Crippen LogP contribution in [-0.4, -0.2) is 14.7 Å².